The van der Waals surface area contributed by atoms with Crippen molar-refractivity contribution in [2.24, 2.45) is 5.73 Å². The molecule has 3 aromatic heterocycles. The van der Waals surface area contributed by atoms with Gasteiger partial charge in [0.25, 0.3) is 11.8 Å². The number of alkyl halides is 2. The number of nitrogens with two attached hydrogens (primary N) is 1. The summed E-state index contributed by atoms with van der Waals surface area (Å²) in [4.78, 5) is 14.0. The van der Waals surface area contributed by atoms with E-state index in [4.69, 9.17) is 5.73 Å². The normalized spacial score (nSPS) is 21.4. The maximum Gasteiger partial charge on any atom is 0.269 e. The third-order valence-electron chi connectivity index (χ3n) is 5.34. The van der Waals surface area contributed by atoms with Crippen LogP contribution in [0.5, 0.6) is 0 Å². The summed E-state index contributed by atoms with van der Waals surface area (Å²) in [5, 5.41) is 6.63. The van der Waals surface area contributed by atoms with E-state index in [2.05, 4.69) is 10.4 Å². The van der Waals surface area contributed by atoms with Gasteiger partial charge < -0.3 is 11.1 Å². The molecule has 154 valence electrons. The first-order valence-corrected chi connectivity index (χ1v) is 10.3. The number of hydrogen-bond donors (Lipinski definition) is 2. The zero-order valence-corrected chi connectivity index (χ0v) is 16.6. The van der Waals surface area contributed by atoms with Gasteiger partial charge in [-0.3, -0.25) is 4.79 Å². The number of nitrogens with one attached hydrogen (secondary N) is 1. The number of thiophene rings is 1. The van der Waals surface area contributed by atoms with E-state index in [-0.39, 0.29) is 6.42 Å². The van der Waals surface area contributed by atoms with Crippen molar-refractivity contribution in [1.29, 1.82) is 0 Å². The van der Waals surface area contributed by atoms with E-state index in [9.17, 15) is 18.0 Å². The first kappa shape index (κ1) is 19.9. The predicted molar refractivity (Wildman–Crippen MR) is 106 cm³/mol. The largest absolute Gasteiger partial charge is 0.341 e. The molecule has 0 aliphatic heterocycles. The predicted octanol–water partition coefficient (Wildman–Crippen LogP) is 4.01. The highest BCUT2D eigenvalue weighted by Crippen LogP contribution is 2.36. The molecule has 0 spiro atoms. The van der Waals surface area contributed by atoms with Gasteiger partial charge in [0.05, 0.1) is 22.8 Å². The van der Waals surface area contributed by atoms with Crippen molar-refractivity contribution >= 4 is 22.8 Å². The zero-order chi connectivity index (χ0) is 20.8. The minimum absolute atomic E-state index is 0.277. The number of rotatable bonds is 4. The first-order chi connectivity index (χ1) is 13.8. The summed E-state index contributed by atoms with van der Waals surface area (Å²) in [6.45, 7) is 1.95. The van der Waals surface area contributed by atoms with Crippen molar-refractivity contribution in [3.8, 4) is 11.1 Å². The lowest BCUT2D eigenvalue weighted by molar-refractivity contribution is -0.0674. The molecule has 3 aromatic rings. The van der Waals surface area contributed by atoms with Crippen molar-refractivity contribution in [1.82, 2.24) is 14.9 Å². The average molecular weight is 422 g/mol. The Bertz CT molecular complexity index is 1060. The van der Waals surface area contributed by atoms with Crippen molar-refractivity contribution in [2.75, 3.05) is 0 Å². The summed E-state index contributed by atoms with van der Waals surface area (Å²) in [5.41, 5.74) is 8.12. The SMILES string of the molecule is CCc1sc(C(=O)N[C@@H]2[C@@H](N)CCCC2(F)F)cc1-c1cnn2cc(F)ccc12. The van der Waals surface area contributed by atoms with Crippen molar-refractivity contribution in [2.45, 2.75) is 50.6 Å². The fourth-order valence-electron chi connectivity index (χ4n) is 3.83. The summed E-state index contributed by atoms with van der Waals surface area (Å²) in [6.07, 6.45) is 4.07. The van der Waals surface area contributed by atoms with Crippen LogP contribution < -0.4 is 11.1 Å². The Morgan fingerprint density at radius 3 is 2.93 bits per heavy atom. The number of aryl methyl sites for hydroxylation is 1. The average Bonchev–Trinajstić information content (AvgIpc) is 3.27. The van der Waals surface area contributed by atoms with Crippen LogP contribution in [0.25, 0.3) is 16.6 Å². The van der Waals surface area contributed by atoms with Crippen LogP contribution >= 0.6 is 11.3 Å². The van der Waals surface area contributed by atoms with E-state index in [0.29, 0.717) is 29.7 Å². The van der Waals surface area contributed by atoms with Gasteiger partial charge in [0, 0.05) is 28.5 Å². The Kier molecular flexibility index (Phi) is 5.12. The first-order valence-electron chi connectivity index (χ1n) is 9.50. The van der Waals surface area contributed by atoms with Crippen LogP contribution in [0.1, 0.15) is 40.7 Å². The lowest BCUT2D eigenvalue weighted by Gasteiger charge is -2.36. The van der Waals surface area contributed by atoms with Crippen LogP contribution in [-0.2, 0) is 6.42 Å². The van der Waals surface area contributed by atoms with Gasteiger partial charge >= 0.3 is 0 Å². The zero-order valence-electron chi connectivity index (χ0n) is 15.8. The summed E-state index contributed by atoms with van der Waals surface area (Å²) < 4.78 is 43.4. The van der Waals surface area contributed by atoms with Gasteiger partial charge in [-0.05, 0) is 37.5 Å². The number of aromatic nitrogens is 2. The molecule has 0 saturated heterocycles. The molecule has 5 nitrogen and oxygen atoms in total. The van der Waals surface area contributed by atoms with Crippen molar-refractivity contribution in [3.05, 3.63) is 46.2 Å². The Hall–Kier alpha value is -2.39. The molecular formula is C20H21F3N4OS. The van der Waals surface area contributed by atoms with E-state index < -0.39 is 29.7 Å². The highest BCUT2D eigenvalue weighted by atomic mass is 32.1. The molecular weight excluding hydrogens is 401 g/mol. The van der Waals surface area contributed by atoms with Gasteiger partial charge in [0.2, 0.25) is 0 Å². The molecule has 1 amide bonds. The highest BCUT2D eigenvalue weighted by Gasteiger charge is 2.46. The second-order valence-corrected chi connectivity index (χ2v) is 8.44. The molecule has 3 heterocycles. The topological polar surface area (TPSA) is 72.4 Å². The summed E-state index contributed by atoms with van der Waals surface area (Å²) in [7, 11) is 0. The number of fused-ring (bicyclic) bond motifs is 1. The van der Waals surface area contributed by atoms with Crippen LogP contribution in [0.3, 0.4) is 0 Å². The highest BCUT2D eigenvalue weighted by molar-refractivity contribution is 7.14. The van der Waals surface area contributed by atoms with Crippen LogP contribution in [0.4, 0.5) is 13.2 Å². The molecule has 0 aromatic carbocycles. The Balaban J connectivity index is 1.66. The lowest BCUT2D eigenvalue weighted by Crippen LogP contribution is -2.59. The second-order valence-electron chi connectivity index (χ2n) is 7.30. The quantitative estimate of drug-likeness (QED) is 0.667. The number of halogens is 3. The van der Waals surface area contributed by atoms with Crippen molar-refractivity contribution in [3.63, 3.8) is 0 Å². The molecule has 0 radical (unpaired) electrons. The molecule has 3 N–H and O–H groups in total. The van der Waals surface area contributed by atoms with Crippen molar-refractivity contribution < 1.29 is 18.0 Å². The fourth-order valence-corrected chi connectivity index (χ4v) is 4.85. The minimum Gasteiger partial charge on any atom is -0.341 e. The minimum atomic E-state index is -3.02. The maximum atomic E-state index is 14.2. The molecule has 2 atom stereocenters. The third-order valence-corrected chi connectivity index (χ3v) is 6.62. The number of nitrogens with zero attached hydrogens (tertiary/aromatic N) is 2. The Labute approximate surface area is 169 Å². The molecule has 1 aliphatic rings. The fraction of sp³-hybridized carbons (Fsp3) is 0.400. The van der Waals surface area contributed by atoms with Crippen LogP contribution in [0.15, 0.2) is 30.6 Å². The smallest absolute Gasteiger partial charge is 0.269 e. The van der Waals surface area contributed by atoms with E-state index in [1.54, 1.807) is 18.3 Å². The van der Waals surface area contributed by atoms with Gasteiger partial charge in [-0.25, -0.2) is 17.7 Å². The second kappa shape index (κ2) is 7.46. The number of carbonyl (C=O) groups excluding carboxylic acids is 1. The van der Waals surface area contributed by atoms with E-state index in [0.717, 1.165) is 16.0 Å². The summed E-state index contributed by atoms with van der Waals surface area (Å²) in [5.74, 6) is -3.98. The summed E-state index contributed by atoms with van der Waals surface area (Å²) >= 11 is 1.26. The standard InChI is InChI=1S/C20H21F3N4OS/c1-2-16-12(13-9-25-27-10-11(21)5-6-15(13)27)8-17(29-16)19(28)26-18-14(24)4-3-7-20(18,22)23/h5-6,8-10,14,18H,2-4,7,24H2,1H3,(H,26,28)/t14-,18+/m0/s1. The number of hydrogen-bond acceptors (Lipinski definition) is 4. The van der Waals surface area contributed by atoms with Crippen LogP contribution in [-0.4, -0.2) is 33.5 Å². The molecule has 29 heavy (non-hydrogen) atoms. The lowest BCUT2D eigenvalue weighted by atomic mass is 9.87. The Morgan fingerprint density at radius 1 is 1.41 bits per heavy atom. The number of amides is 1. The van der Waals surface area contributed by atoms with Gasteiger partial charge in [-0.15, -0.1) is 11.3 Å². The molecule has 1 aliphatic carbocycles. The van der Waals surface area contributed by atoms with Crippen LogP contribution in [0.2, 0.25) is 0 Å². The van der Waals surface area contributed by atoms with Gasteiger partial charge in [-0.2, -0.15) is 5.10 Å². The molecule has 0 bridgehead atoms. The number of carbonyl (C=O) groups is 1. The third kappa shape index (κ3) is 3.64. The monoisotopic (exact) mass is 422 g/mol. The molecule has 9 heteroatoms. The Morgan fingerprint density at radius 2 is 2.21 bits per heavy atom. The molecule has 0 unspecified atom stereocenters. The maximum absolute atomic E-state index is 14.2. The number of pyridine rings is 1. The van der Waals surface area contributed by atoms with Gasteiger partial charge in [0.1, 0.15) is 11.9 Å². The molecule has 4 rings (SSSR count). The van der Waals surface area contributed by atoms with Gasteiger partial charge in [0.15, 0.2) is 0 Å². The van der Waals surface area contributed by atoms with E-state index in [1.165, 1.54) is 28.1 Å². The molecule has 1 fully saturated rings. The van der Waals surface area contributed by atoms with E-state index in [1.807, 2.05) is 6.92 Å². The van der Waals surface area contributed by atoms with Gasteiger partial charge in [-0.1, -0.05) is 6.92 Å². The van der Waals surface area contributed by atoms with E-state index >= 15 is 0 Å². The van der Waals surface area contributed by atoms with Crippen LogP contribution in [0, 0.1) is 5.82 Å². The summed E-state index contributed by atoms with van der Waals surface area (Å²) in [6, 6.07) is 2.50. The molecule has 1 saturated carbocycles.